The van der Waals surface area contributed by atoms with Crippen LogP contribution in [0.1, 0.15) is 10.5 Å². The molecule has 6 heteroatoms. The second-order valence-electron chi connectivity index (χ2n) is 3.31. The van der Waals surface area contributed by atoms with Crippen LogP contribution in [0.2, 0.25) is 5.15 Å². The number of aromatic nitrogens is 3. The Labute approximate surface area is 103 Å². The molecule has 0 saturated heterocycles. The summed E-state index contributed by atoms with van der Waals surface area (Å²) >= 11 is 5.61. The van der Waals surface area contributed by atoms with Crippen LogP contribution in [-0.2, 0) is 0 Å². The van der Waals surface area contributed by atoms with Gasteiger partial charge in [-0.05, 0) is 24.3 Å². The van der Waals surface area contributed by atoms with Crippen LogP contribution in [0, 0.1) is 0 Å². The van der Waals surface area contributed by atoms with Crippen molar-refractivity contribution in [3.63, 3.8) is 0 Å². The van der Waals surface area contributed by atoms with Gasteiger partial charge in [-0.2, -0.15) is 0 Å². The van der Waals surface area contributed by atoms with Gasteiger partial charge in [0, 0.05) is 25.1 Å². The summed E-state index contributed by atoms with van der Waals surface area (Å²) in [6, 6.07) is 6.54. The van der Waals surface area contributed by atoms with Crippen molar-refractivity contribution in [2.75, 3.05) is 11.9 Å². The average molecular weight is 249 g/mol. The fraction of sp³-hybridized carbons (Fsp3) is 0.0909. The number of carbonyl (C=O) groups excluding carboxylic acids is 1. The average Bonchev–Trinajstić information content (AvgIpc) is 2.39. The van der Waals surface area contributed by atoms with Crippen molar-refractivity contribution >= 4 is 23.2 Å². The number of nitrogens with zero attached hydrogens (tertiary/aromatic N) is 4. The molecule has 17 heavy (non-hydrogen) atoms. The fourth-order valence-corrected chi connectivity index (χ4v) is 1.39. The molecule has 0 radical (unpaired) electrons. The minimum Gasteiger partial charge on any atom is -0.310 e. The Morgan fingerprint density at radius 3 is 2.47 bits per heavy atom. The van der Waals surface area contributed by atoms with E-state index < -0.39 is 0 Å². The van der Waals surface area contributed by atoms with Gasteiger partial charge in [0.15, 0.2) is 10.8 Å². The van der Waals surface area contributed by atoms with E-state index in [-0.39, 0.29) is 16.8 Å². The minimum absolute atomic E-state index is 0.244. The van der Waals surface area contributed by atoms with E-state index in [0.29, 0.717) is 0 Å². The first-order chi connectivity index (χ1) is 8.18. The predicted octanol–water partition coefficient (Wildman–Crippen LogP) is 1.80. The molecule has 1 amide bonds. The van der Waals surface area contributed by atoms with Crippen molar-refractivity contribution in [2.24, 2.45) is 0 Å². The molecule has 0 unspecified atom stereocenters. The summed E-state index contributed by atoms with van der Waals surface area (Å²) in [6.45, 7) is 0. The second kappa shape index (κ2) is 4.88. The lowest BCUT2D eigenvalue weighted by atomic mass is 10.3. The molecule has 0 aliphatic heterocycles. The van der Waals surface area contributed by atoms with Gasteiger partial charge in [0.05, 0.1) is 0 Å². The molecule has 86 valence electrons. The maximum atomic E-state index is 12.0. The SMILES string of the molecule is CN(C(=O)c1ccc(Cl)nn1)c1ccncc1. The third-order valence-corrected chi connectivity index (χ3v) is 2.41. The van der Waals surface area contributed by atoms with Crippen molar-refractivity contribution in [1.82, 2.24) is 15.2 Å². The van der Waals surface area contributed by atoms with Gasteiger partial charge in [0.1, 0.15) is 0 Å². The fourth-order valence-electron chi connectivity index (χ4n) is 1.29. The Bertz CT molecular complexity index is 515. The number of amides is 1. The van der Waals surface area contributed by atoms with Crippen LogP contribution in [0.5, 0.6) is 0 Å². The smallest absolute Gasteiger partial charge is 0.278 e. The van der Waals surface area contributed by atoms with Gasteiger partial charge in [-0.3, -0.25) is 9.78 Å². The maximum absolute atomic E-state index is 12.0. The first-order valence-electron chi connectivity index (χ1n) is 4.86. The van der Waals surface area contributed by atoms with Crippen molar-refractivity contribution in [3.8, 4) is 0 Å². The van der Waals surface area contributed by atoms with Gasteiger partial charge in [0.25, 0.3) is 5.91 Å². The lowest BCUT2D eigenvalue weighted by Gasteiger charge is -2.15. The number of carbonyl (C=O) groups is 1. The Balaban J connectivity index is 2.23. The van der Waals surface area contributed by atoms with Gasteiger partial charge in [-0.15, -0.1) is 10.2 Å². The third-order valence-electron chi connectivity index (χ3n) is 2.21. The van der Waals surface area contributed by atoms with Crippen molar-refractivity contribution < 1.29 is 4.79 Å². The quantitative estimate of drug-likeness (QED) is 0.813. The number of hydrogen-bond acceptors (Lipinski definition) is 4. The Kier molecular flexibility index (Phi) is 3.30. The van der Waals surface area contributed by atoms with Crippen LogP contribution >= 0.6 is 11.6 Å². The molecule has 2 rings (SSSR count). The van der Waals surface area contributed by atoms with Gasteiger partial charge in [-0.25, -0.2) is 0 Å². The summed E-state index contributed by atoms with van der Waals surface area (Å²) in [7, 11) is 1.66. The summed E-state index contributed by atoms with van der Waals surface area (Å²) in [6.07, 6.45) is 3.24. The molecule has 0 N–H and O–H groups in total. The van der Waals surface area contributed by atoms with Crippen molar-refractivity contribution in [1.29, 1.82) is 0 Å². The summed E-state index contributed by atoms with van der Waals surface area (Å²) < 4.78 is 0. The van der Waals surface area contributed by atoms with Crippen LogP contribution < -0.4 is 4.90 Å². The molecule has 0 saturated carbocycles. The molecule has 0 aliphatic carbocycles. The van der Waals surface area contributed by atoms with Crippen LogP contribution in [-0.4, -0.2) is 28.1 Å². The van der Waals surface area contributed by atoms with E-state index in [1.165, 1.54) is 17.0 Å². The Hall–Kier alpha value is -2.01. The Morgan fingerprint density at radius 2 is 1.88 bits per heavy atom. The van der Waals surface area contributed by atoms with E-state index in [1.54, 1.807) is 31.6 Å². The minimum atomic E-state index is -0.250. The van der Waals surface area contributed by atoms with E-state index in [9.17, 15) is 4.79 Å². The first-order valence-corrected chi connectivity index (χ1v) is 5.23. The molecular formula is C11H9ClN4O. The molecule has 2 aromatic rings. The molecule has 0 bridgehead atoms. The summed E-state index contributed by atoms with van der Waals surface area (Å²) in [5, 5.41) is 7.63. The second-order valence-corrected chi connectivity index (χ2v) is 3.70. The maximum Gasteiger partial charge on any atom is 0.278 e. The highest BCUT2D eigenvalue weighted by Crippen LogP contribution is 2.13. The number of pyridine rings is 1. The molecule has 2 heterocycles. The number of anilines is 1. The molecular weight excluding hydrogens is 240 g/mol. The van der Waals surface area contributed by atoms with Crippen LogP contribution in [0.15, 0.2) is 36.7 Å². The van der Waals surface area contributed by atoms with Crippen molar-refractivity contribution in [2.45, 2.75) is 0 Å². The highest BCUT2D eigenvalue weighted by Gasteiger charge is 2.14. The molecule has 0 aliphatic rings. The molecule has 0 aromatic carbocycles. The largest absolute Gasteiger partial charge is 0.310 e. The zero-order valence-corrected chi connectivity index (χ0v) is 9.80. The van der Waals surface area contributed by atoms with Gasteiger partial charge < -0.3 is 4.90 Å². The molecule has 0 fully saturated rings. The lowest BCUT2D eigenvalue weighted by Crippen LogP contribution is -2.27. The van der Waals surface area contributed by atoms with Crippen LogP contribution in [0.4, 0.5) is 5.69 Å². The highest BCUT2D eigenvalue weighted by atomic mass is 35.5. The Morgan fingerprint density at radius 1 is 1.18 bits per heavy atom. The van der Waals surface area contributed by atoms with E-state index >= 15 is 0 Å². The molecule has 0 atom stereocenters. The third kappa shape index (κ3) is 2.57. The standard InChI is InChI=1S/C11H9ClN4O/c1-16(8-4-6-13-7-5-8)11(17)9-2-3-10(12)15-14-9/h2-7H,1H3. The highest BCUT2D eigenvalue weighted by molar-refractivity contribution is 6.29. The monoisotopic (exact) mass is 248 g/mol. The molecule has 2 aromatic heterocycles. The van der Waals surface area contributed by atoms with Crippen LogP contribution in [0.25, 0.3) is 0 Å². The zero-order valence-electron chi connectivity index (χ0n) is 9.04. The van der Waals surface area contributed by atoms with E-state index in [1.807, 2.05) is 0 Å². The van der Waals surface area contributed by atoms with Crippen molar-refractivity contribution in [3.05, 3.63) is 47.5 Å². The number of rotatable bonds is 2. The molecule has 0 spiro atoms. The van der Waals surface area contributed by atoms with E-state index in [2.05, 4.69) is 15.2 Å². The first kappa shape index (κ1) is 11.5. The van der Waals surface area contributed by atoms with Crippen LogP contribution in [0.3, 0.4) is 0 Å². The molecule has 5 nitrogen and oxygen atoms in total. The summed E-state index contributed by atoms with van der Waals surface area (Å²) in [5.74, 6) is -0.250. The summed E-state index contributed by atoms with van der Waals surface area (Å²) in [4.78, 5) is 17.4. The summed E-state index contributed by atoms with van der Waals surface area (Å²) in [5.41, 5.74) is 0.982. The zero-order chi connectivity index (χ0) is 12.3. The number of halogens is 1. The normalized spacial score (nSPS) is 10.0. The predicted molar refractivity (Wildman–Crippen MR) is 64.0 cm³/mol. The van der Waals surface area contributed by atoms with Gasteiger partial charge >= 0.3 is 0 Å². The number of hydrogen-bond donors (Lipinski definition) is 0. The van der Waals surface area contributed by atoms with Gasteiger partial charge in [-0.1, -0.05) is 11.6 Å². The van der Waals surface area contributed by atoms with E-state index in [0.717, 1.165) is 5.69 Å². The van der Waals surface area contributed by atoms with E-state index in [4.69, 9.17) is 11.6 Å². The lowest BCUT2D eigenvalue weighted by molar-refractivity contribution is 0.0987. The topological polar surface area (TPSA) is 59.0 Å². The van der Waals surface area contributed by atoms with Gasteiger partial charge in [0.2, 0.25) is 0 Å².